The molecule has 0 bridgehead atoms. The third-order valence-electron chi connectivity index (χ3n) is 3.65. The van der Waals surface area contributed by atoms with Crippen LogP contribution in [0.1, 0.15) is 33.3 Å². The van der Waals surface area contributed by atoms with E-state index in [1.807, 2.05) is 6.92 Å². The lowest BCUT2D eigenvalue weighted by atomic mass is 10.2. The van der Waals surface area contributed by atoms with Crippen molar-refractivity contribution >= 4 is 17.8 Å². The SMILES string of the molecule is CCNC(=O)COc1ccc(CNC(=O)c2cc(C(=O)O)ccn2)cc1OC. The number of hydrogen-bond donors (Lipinski definition) is 3. The maximum absolute atomic E-state index is 12.2. The number of pyridine rings is 1. The van der Waals surface area contributed by atoms with Gasteiger partial charge in [0.05, 0.1) is 12.7 Å². The fraction of sp³-hybridized carbons (Fsp3) is 0.263. The average Bonchev–Trinajstić information content (AvgIpc) is 2.70. The number of aromatic nitrogens is 1. The molecule has 0 saturated carbocycles. The van der Waals surface area contributed by atoms with Crippen molar-refractivity contribution in [2.45, 2.75) is 13.5 Å². The second kappa shape index (κ2) is 9.91. The predicted octanol–water partition coefficient (Wildman–Crippen LogP) is 1.23. The fourth-order valence-corrected chi connectivity index (χ4v) is 2.29. The standard InChI is InChI=1S/C19H21N3O6/c1-3-20-17(23)11-28-15-5-4-12(8-16(15)27-2)10-22-18(24)14-9-13(19(25)26)6-7-21-14/h4-9H,3,10-11H2,1-2H3,(H,20,23)(H,22,24)(H,25,26). The molecule has 0 fully saturated rings. The Hall–Kier alpha value is -3.62. The lowest BCUT2D eigenvalue weighted by Crippen LogP contribution is -2.28. The Balaban J connectivity index is 2.00. The summed E-state index contributed by atoms with van der Waals surface area (Å²) in [5, 5.41) is 14.3. The van der Waals surface area contributed by atoms with Gasteiger partial charge >= 0.3 is 5.97 Å². The molecule has 9 heteroatoms. The van der Waals surface area contributed by atoms with Gasteiger partial charge in [-0.3, -0.25) is 14.6 Å². The normalized spacial score (nSPS) is 10.1. The molecule has 0 atom stereocenters. The molecule has 0 spiro atoms. The highest BCUT2D eigenvalue weighted by Gasteiger charge is 2.12. The minimum absolute atomic E-state index is 0.00811. The molecule has 0 saturated heterocycles. The maximum Gasteiger partial charge on any atom is 0.335 e. The van der Waals surface area contributed by atoms with E-state index in [-0.39, 0.29) is 30.3 Å². The molecule has 9 nitrogen and oxygen atoms in total. The number of nitrogens with one attached hydrogen (secondary N) is 2. The van der Waals surface area contributed by atoms with Crippen LogP contribution in [-0.4, -0.2) is 48.1 Å². The number of amides is 2. The van der Waals surface area contributed by atoms with Gasteiger partial charge in [-0.25, -0.2) is 4.79 Å². The zero-order valence-corrected chi connectivity index (χ0v) is 15.5. The van der Waals surface area contributed by atoms with Crippen molar-refractivity contribution in [2.24, 2.45) is 0 Å². The quantitative estimate of drug-likeness (QED) is 0.591. The van der Waals surface area contributed by atoms with Gasteiger partial charge in [-0.2, -0.15) is 0 Å². The van der Waals surface area contributed by atoms with Gasteiger partial charge < -0.3 is 25.2 Å². The maximum atomic E-state index is 12.2. The summed E-state index contributed by atoms with van der Waals surface area (Å²) in [6.45, 7) is 2.37. The Labute approximate surface area is 161 Å². The highest BCUT2D eigenvalue weighted by molar-refractivity contribution is 5.95. The molecule has 2 amide bonds. The van der Waals surface area contributed by atoms with Crippen molar-refractivity contribution in [3.63, 3.8) is 0 Å². The number of benzene rings is 1. The first kappa shape index (κ1) is 20.7. The molecule has 1 aromatic carbocycles. The summed E-state index contributed by atoms with van der Waals surface area (Å²) in [4.78, 5) is 38.5. The number of carbonyl (C=O) groups excluding carboxylic acids is 2. The van der Waals surface area contributed by atoms with E-state index in [1.54, 1.807) is 18.2 Å². The number of hydrogen-bond acceptors (Lipinski definition) is 6. The van der Waals surface area contributed by atoms with Crippen LogP contribution in [0.3, 0.4) is 0 Å². The van der Waals surface area contributed by atoms with Gasteiger partial charge in [0, 0.05) is 19.3 Å². The predicted molar refractivity (Wildman–Crippen MR) is 99.5 cm³/mol. The fourth-order valence-electron chi connectivity index (χ4n) is 2.29. The molecule has 148 valence electrons. The molecule has 1 aromatic heterocycles. The number of methoxy groups -OCH3 is 1. The number of rotatable bonds is 9. The number of ether oxygens (including phenoxy) is 2. The number of aromatic carboxylic acids is 1. The smallest absolute Gasteiger partial charge is 0.335 e. The minimum Gasteiger partial charge on any atom is -0.493 e. The van der Waals surface area contributed by atoms with Gasteiger partial charge in [0.1, 0.15) is 5.69 Å². The van der Waals surface area contributed by atoms with Crippen molar-refractivity contribution in [3.8, 4) is 11.5 Å². The summed E-state index contributed by atoms with van der Waals surface area (Å²) < 4.78 is 10.7. The van der Waals surface area contributed by atoms with E-state index in [0.29, 0.717) is 18.0 Å². The highest BCUT2D eigenvalue weighted by Crippen LogP contribution is 2.28. The third-order valence-corrected chi connectivity index (χ3v) is 3.65. The van der Waals surface area contributed by atoms with E-state index in [9.17, 15) is 14.4 Å². The van der Waals surface area contributed by atoms with E-state index in [0.717, 1.165) is 5.56 Å². The Morgan fingerprint density at radius 3 is 2.57 bits per heavy atom. The van der Waals surface area contributed by atoms with E-state index in [4.69, 9.17) is 14.6 Å². The summed E-state index contributed by atoms with van der Waals surface area (Å²) in [7, 11) is 1.47. The molecular weight excluding hydrogens is 366 g/mol. The van der Waals surface area contributed by atoms with Crippen LogP contribution in [0.4, 0.5) is 0 Å². The number of nitrogens with zero attached hydrogens (tertiary/aromatic N) is 1. The van der Waals surface area contributed by atoms with Crippen LogP contribution in [0.15, 0.2) is 36.5 Å². The van der Waals surface area contributed by atoms with Crippen LogP contribution in [0.2, 0.25) is 0 Å². The lowest BCUT2D eigenvalue weighted by molar-refractivity contribution is -0.123. The highest BCUT2D eigenvalue weighted by atomic mass is 16.5. The Morgan fingerprint density at radius 1 is 1.11 bits per heavy atom. The summed E-state index contributed by atoms with van der Waals surface area (Å²) in [5.41, 5.74) is 0.717. The molecule has 0 unspecified atom stereocenters. The number of carboxylic acid groups (broad SMARTS) is 1. The van der Waals surface area contributed by atoms with Crippen molar-refractivity contribution in [1.82, 2.24) is 15.6 Å². The molecule has 0 aliphatic rings. The molecule has 0 aliphatic carbocycles. The molecule has 2 rings (SSSR count). The van der Waals surface area contributed by atoms with E-state index < -0.39 is 11.9 Å². The first-order chi connectivity index (χ1) is 13.4. The number of likely N-dealkylation sites (N-methyl/N-ethyl adjacent to an activating group) is 1. The van der Waals surface area contributed by atoms with Gasteiger partial charge in [0.25, 0.3) is 11.8 Å². The van der Waals surface area contributed by atoms with Crippen LogP contribution in [0, 0.1) is 0 Å². The third kappa shape index (κ3) is 5.70. The summed E-state index contributed by atoms with van der Waals surface area (Å²) in [6.07, 6.45) is 1.27. The van der Waals surface area contributed by atoms with E-state index >= 15 is 0 Å². The molecule has 28 heavy (non-hydrogen) atoms. The van der Waals surface area contributed by atoms with E-state index in [1.165, 1.54) is 25.4 Å². The number of carbonyl (C=O) groups is 3. The van der Waals surface area contributed by atoms with Crippen molar-refractivity contribution in [3.05, 3.63) is 53.3 Å². The van der Waals surface area contributed by atoms with Crippen molar-refractivity contribution in [2.75, 3.05) is 20.3 Å². The second-order valence-corrected chi connectivity index (χ2v) is 5.64. The van der Waals surface area contributed by atoms with Crippen LogP contribution >= 0.6 is 0 Å². The van der Waals surface area contributed by atoms with E-state index in [2.05, 4.69) is 15.6 Å². The topological polar surface area (TPSA) is 127 Å². The average molecular weight is 387 g/mol. The minimum atomic E-state index is -1.13. The molecular formula is C19H21N3O6. The van der Waals surface area contributed by atoms with Gasteiger partial charge in [0.2, 0.25) is 0 Å². The molecule has 3 N–H and O–H groups in total. The van der Waals surface area contributed by atoms with Crippen LogP contribution in [0.5, 0.6) is 11.5 Å². The first-order valence-corrected chi connectivity index (χ1v) is 8.48. The van der Waals surface area contributed by atoms with Gasteiger partial charge in [-0.15, -0.1) is 0 Å². The van der Waals surface area contributed by atoms with Gasteiger partial charge in [-0.05, 0) is 36.8 Å². The Bertz CT molecular complexity index is 868. The van der Waals surface area contributed by atoms with Crippen LogP contribution < -0.4 is 20.1 Å². The summed E-state index contributed by atoms with van der Waals surface area (Å²) >= 11 is 0. The zero-order valence-electron chi connectivity index (χ0n) is 15.5. The van der Waals surface area contributed by atoms with Gasteiger partial charge in [-0.1, -0.05) is 6.07 Å². The Morgan fingerprint density at radius 2 is 1.89 bits per heavy atom. The first-order valence-electron chi connectivity index (χ1n) is 8.48. The molecule has 1 heterocycles. The monoisotopic (exact) mass is 387 g/mol. The lowest BCUT2D eigenvalue weighted by Gasteiger charge is -2.12. The molecule has 2 aromatic rings. The van der Waals surface area contributed by atoms with Crippen molar-refractivity contribution < 1.29 is 29.0 Å². The second-order valence-electron chi connectivity index (χ2n) is 5.64. The number of carboxylic acids is 1. The van der Waals surface area contributed by atoms with Gasteiger partial charge in [0.15, 0.2) is 18.1 Å². The van der Waals surface area contributed by atoms with Crippen LogP contribution in [-0.2, 0) is 11.3 Å². The molecule has 0 aliphatic heterocycles. The largest absolute Gasteiger partial charge is 0.493 e. The summed E-state index contributed by atoms with van der Waals surface area (Å²) in [6, 6.07) is 7.55. The van der Waals surface area contributed by atoms with Crippen LogP contribution in [0.25, 0.3) is 0 Å². The van der Waals surface area contributed by atoms with Crippen molar-refractivity contribution in [1.29, 1.82) is 0 Å². The zero-order chi connectivity index (χ0) is 20.5. The Kier molecular flexibility index (Phi) is 7.32. The molecule has 0 radical (unpaired) electrons. The summed E-state index contributed by atoms with van der Waals surface area (Å²) in [5.74, 6) is -1.05.